The Balaban J connectivity index is 2.44. The Morgan fingerprint density at radius 1 is 1.29 bits per heavy atom. The van der Waals surface area contributed by atoms with E-state index in [1.165, 1.54) is 36.5 Å². The number of rotatable bonds is 5. The van der Waals surface area contributed by atoms with Crippen LogP contribution in [-0.4, -0.2) is 19.9 Å². The van der Waals surface area contributed by atoms with Crippen molar-refractivity contribution >= 4 is 27.3 Å². The lowest BCUT2D eigenvalue weighted by molar-refractivity contribution is 0.587. The van der Waals surface area contributed by atoms with E-state index in [1.54, 1.807) is 13.0 Å². The minimum Gasteiger partial charge on any atom is -0.265 e. The first-order valence-corrected chi connectivity index (χ1v) is 8.25. The molecule has 0 spiro atoms. The number of aromatic nitrogens is 1. The second kappa shape index (κ2) is 6.41. The van der Waals surface area contributed by atoms with Crippen LogP contribution in [-0.2, 0) is 15.9 Å². The third-order valence-electron chi connectivity index (χ3n) is 2.89. The Bertz CT molecular complexity index is 720. The lowest BCUT2D eigenvalue weighted by atomic mass is 10.3. The van der Waals surface area contributed by atoms with Gasteiger partial charge in [0.1, 0.15) is 5.82 Å². The predicted molar refractivity (Wildman–Crippen MR) is 80.4 cm³/mol. The lowest BCUT2D eigenvalue weighted by Crippen LogP contribution is -2.31. The van der Waals surface area contributed by atoms with Crippen molar-refractivity contribution in [1.82, 2.24) is 4.98 Å². The molecular weight excluding hydrogens is 315 g/mol. The van der Waals surface area contributed by atoms with E-state index < -0.39 is 15.8 Å². The molecule has 0 unspecified atom stereocenters. The van der Waals surface area contributed by atoms with Gasteiger partial charge in [0.05, 0.1) is 5.69 Å². The van der Waals surface area contributed by atoms with E-state index in [0.717, 1.165) is 9.87 Å². The smallest absolute Gasteiger partial charge is 0.265 e. The van der Waals surface area contributed by atoms with Crippen molar-refractivity contribution in [2.24, 2.45) is 0 Å². The van der Waals surface area contributed by atoms with E-state index in [0.29, 0.717) is 0 Å². The van der Waals surface area contributed by atoms with Crippen molar-refractivity contribution in [3.63, 3.8) is 0 Å². The van der Waals surface area contributed by atoms with Crippen LogP contribution in [0.1, 0.15) is 12.5 Å². The Kier molecular flexibility index (Phi) is 4.80. The molecule has 0 bridgehead atoms. The second-order valence-corrected chi connectivity index (χ2v) is 6.36. The minimum atomic E-state index is -3.83. The summed E-state index contributed by atoms with van der Waals surface area (Å²) in [4.78, 5) is 3.93. The number of pyridine rings is 1. The number of sulfonamides is 1. The van der Waals surface area contributed by atoms with Gasteiger partial charge in [-0.15, -0.1) is 11.6 Å². The zero-order valence-corrected chi connectivity index (χ0v) is 12.9. The maximum Gasteiger partial charge on any atom is 0.281 e. The van der Waals surface area contributed by atoms with E-state index >= 15 is 0 Å². The Morgan fingerprint density at radius 2 is 2.05 bits per heavy atom. The van der Waals surface area contributed by atoms with Crippen molar-refractivity contribution in [3.05, 3.63) is 54.0 Å². The van der Waals surface area contributed by atoms with Crippen molar-refractivity contribution in [2.45, 2.75) is 17.8 Å². The normalized spacial score (nSPS) is 11.4. The highest BCUT2D eigenvalue weighted by Gasteiger charge is 2.25. The second-order valence-electron chi connectivity index (χ2n) is 4.29. The molecule has 2 aromatic rings. The third-order valence-corrected chi connectivity index (χ3v) is 5.02. The molecular formula is C14H14ClFN2O2S. The summed E-state index contributed by atoms with van der Waals surface area (Å²) in [6.07, 6.45) is 1.42. The molecule has 21 heavy (non-hydrogen) atoms. The molecule has 1 heterocycles. The Hall–Kier alpha value is -1.66. The number of anilines is 1. The number of nitrogens with zero attached hydrogens (tertiary/aromatic N) is 2. The van der Waals surface area contributed by atoms with E-state index in [1.807, 2.05) is 0 Å². The van der Waals surface area contributed by atoms with Crippen molar-refractivity contribution < 1.29 is 12.8 Å². The third kappa shape index (κ3) is 3.33. The van der Waals surface area contributed by atoms with Gasteiger partial charge in [0.25, 0.3) is 10.0 Å². The zero-order chi connectivity index (χ0) is 15.5. The van der Waals surface area contributed by atoms with Gasteiger partial charge in [-0.05, 0) is 36.8 Å². The van der Waals surface area contributed by atoms with Crippen LogP contribution in [0.3, 0.4) is 0 Å². The van der Waals surface area contributed by atoms with Crippen molar-refractivity contribution in [1.29, 1.82) is 0 Å². The fourth-order valence-corrected chi connectivity index (χ4v) is 3.42. The summed E-state index contributed by atoms with van der Waals surface area (Å²) in [5.74, 6) is -0.235. The van der Waals surface area contributed by atoms with Crippen LogP contribution >= 0.6 is 11.6 Å². The van der Waals surface area contributed by atoms with Crippen LogP contribution in [0.5, 0.6) is 0 Å². The summed E-state index contributed by atoms with van der Waals surface area (Å²) in [5, 5.41) is -0.0949. The largest absolute Gasteiger partial charge is 0.281 e. The average Bonchev–Trinajstić information content (AvgIpc) is 2.48. The predicted octanol–water partition coefficient (Wildman–Crippen LogP) is 3.17. The van der Waals surface area contributed by atoms with E-state index in [4.69, 9.17) is 11.6 Å². The summed E-state index contributed by atoms with van der Waals surface area (Å²) in [7, 11) is -3.83. The molecule has 4 nitrogen and oxygen atoms in total. The van der Waals surface area contributed by atoms with Crippen LogP contribution in [0.25, 0.3) is 0 Å². The first-order valence-electron chi connectivity index (χ1n) is 6.28. The Labute approximate surface area is 128 Å². The van der Waals surface area contributed by atoms with Gasteiger partial charge in [-0.3, -0.25) is 4.31 Å². The minimum absolute atomic E-state index is 0.0949. The molecule has 0 radical (unpaired) electrons. The van der Waals surface area contributed by atoms with Crippen LogP contribution in [0.15, 0.2) is 47.6 Å². The molecule has 2 rings (SSSR count). The summed E-state index contributed by atoms with van der Waals surface area (Å²) in [6.45, 7) is 1.85. The number of alkyl halides is 1. The molecule has 0 saturated heterocycles. The fraction of sp³-hybridized carbons (Fsp3) is 0.214. The van der Waals surface area contributed by atoms with E-state index in [-0.39, 0.29) is 23.1 Å². The van der Waals surface area contributed by atoms with Crippen LogP contribution in [0, 0.1) is 5.82 Å². The van der Waals surface area contributed by atoms with Crippen LogP contribution in [0.2, 0.25) is 0 Å². The quantitative estimate of drug-likeness (QED) is 0.792. The Morgan fingerprint density at radius 3 is 2.57 bits per heavy atom. The standard InChI is InChI=1S/C14H14ClFN2O2S/c1-2-18(13-5-3-4-12(16)8-13)21(19,20)14-7-6-11(9-15)10-17-14/h3-8,10H,2,9H2,1H3. The van der Waals surface area contributed by atoms with Gasteiger partial charge in [-0.2, -0.15) is 8.42 Å². The number of halogens is 2. The molecule has 0 atom stereocenters. The molecule has 1 aromatic heterocycles. The van der Waals surface area contributed by atoms with Gasteiger partial charge in [0, 0.05) is 18.6 Å². The van der Waals surface area contributed by atoms with Gasteiger partial charge >= 0.3 is 0 Å². The first-order chi connectivity index (χ1) is 9.98. The molecule has 0 aliphatic carbocycles. The molecule has 0 N–H and O–H groups in total. The number of hydrogen-bond acceptors (Lipinski definition) is 3. The average molecular weight is 329 g/mol. The molecule has 112 valence electrons. The maximum absolute atomic E-state index is 13.3. The highest BCUT2D eigenvalue weighted by Crippen LogP contribution is 2.23. The monoisotopic (exact) mass is 328 g/mol. The molecule has 0 saturated carbocycles. The summed E-state index contributed by atoms with van der Waals surface area (Å²) >= 11 is 5.66. The molecule has 0 aliphatic heterocycles. The lowest BCUT2D eigenvalue weighted by Gasteiger charge is -2.22. The van der Waals surface area contributed by atoms with Gasteiger partial charge in [-0.25, -0.2) is 9.37 Å². The van der Waals surface area contributed by atoms with Gasteiger partial charge in [0.2, 0.25) is 0 Å². The van der Waals surface area contributed by atoms with E-state index in [2.05, 4.69) is 4.98 Å². The first kappa shape index (κ1) is 15.7. The van der Waals surface area contributed by atoms with Gasteiger partial charge in [-0.1, -0.05) is 12.1 Å². The highest BCUT2D eigenvalue weighted by molar-refractivity contribution is 7.92. The molecule has 1 aromatic carbocycles. The topological polar surface area (TPSA) is 50.3 Å². The molecule has 7 heteroatoms. The molecule has 0 aliphatic rings. The van der Waals surface area contributed by atoms with Crippen LogP contribution < -0.4 is 4.31 Å². The van der Waals surface area contributed by atoms with Crippen LogP contribution in [0.4, 0.5) is 10.1 Å². The summed E-state index contributed by atoms with van der Waals surface area (Å²) in [5.41, 5.74) is 0.991. The maximum atomic E-state index is 13.3. The van der Waals surface area contributed by atoms with Crippen molar-refractivity contribution in [2.75, 3.05) is 10.8 Å². The SMILES string of the molecule is CCN(c1cccc(F)c1)S(=O)(=O)c1ccc(CCl)cn1. The van der Waals surface area contributed by atoms with Gasteiger partial charge in [0.15, 0.2) is 5.03 Å². The van der Waals surface area contributed by atoms with Crippen molar-refractivity contribution in [3.8, 4) is 0 Å². The van der Waals surface area contributed by atoms with Gasteiger partial charge < -0.3 is 0 Å². The molecule has 0 amide bonds. The zero-order valence-electron chi connectivity index (χ0n) is 11.3. The number of hydrogen-bond donors (Lipinski definition) is 0. The highest BCUT2D eigenvalue weighted by atomic mass is 35.5. The van der Waals surface area contributed by atoms with E-state index in [9.17, 15) is 12.8 Å². The summed E-state index contributed by atoms with van der Waals surface area (Å²) in [6, 6.07) is 8.44. The number of benzene rings is 1. The molecule has 0 fully saturated rings. The fourth-order valence-electron chi connectivity index (χ4n) is 1.88. The summed E-state index contributed by atoms with van der Waals surface area (Å²) < 4.78 is 39.6.